The zero-order valence-electron chi connectivity index (χ0n) is 20.0. The molecule has 0 saturated carbocycles. The second-order valence-corrected chi connectivity index (χ2v) is 11.3. The molecule has 0 fully saturated rings. The second kappa shape index (κ2) is 10.9. The number of rotatable bonds is 4. The maximum Gasteiger partial charge on any atom is 0.174 e. The molecule has 0 rings (SSSR count). The van der Waals surface area contributed by atoms with E-state index in [4.69, 9.17) is 0 Å². The van der Waals surface area contributed by atoms with E-state index in [1.54, 1.807) is 83.1 Å². The summed E-state index contributed by atoms with van der Waals surface area (Å²) >= 11 is 0. The van der Waals surface area contributed by atoms with Crippen molar-refractivity contribution in [1.82, 2.24) is 0 Å². The maximum absolute atomic E-state index is 11.6. The predicted octanol–water partition coefficient (Wildman–Crippen LogP) is 3.15. The van der Waals surface area contributed by atoms with Crippen molar-refractivity contribution >= 4 is 23.1 Å². The van der Waals surface area contributed by atoms with Gasteiger partial charge in [0.25, 0.3) is 0 Å². The van der Waals surface area contributed by atoms with Crippen LogP contribution in [0.1, 0.15) is 83.1 Å². The Morgan fingerprint density at radius 2 is 0.552 bits per heavy atom. The number of hydrogen-bond donors (Lipinski definition) is 2. The minimum absolute atomic E-state index is 0. The summed E-state index contributed by atoms with van der Waals surface area (Å²) in [5, 5.41) is 19.1. The van der Waals surface area contributed by atoms with Gasteiger partial charge >= 0.3 is 0 Å². The summed E-state index contributed by atoms with van der Waals surface area (Å²) in [6.07, 6.45) is -2.98. The molecule has 0 saturated heterocycles. The molecule has 6 nitrogen and oxygen atoms in total. The van der Waals surface area contributed by atoms with Crippen molar-refractivity contribution in [3.8, 4) is 0 Å². The first kappa shape index (κ1) is 32.8. The van der Waals surface area contributed by atoms with Crippen LogP contribution in [0.2, 0.25) is 0 Å². The fourth-order valence-corrected chi connectivity index (χ4v) is 1.88. The van der Waals surface area contributed by atoms with Crippen LogP contribution in [0, 0.1) is 21.7 Å². The summed E-state index contributed by atoms with van der Waals surface area (Å²) in [5.74, 6) is -1.68. The maximum atomic E-state index is 11.6. The molecule has 0 aliphatic rings. The van der Waals surface area contributed by atoms with Gasteiger partial charge in [0.1, 0.15) is 0 Å². The van der Waals surface area contributed by atoms with Gasteiger partial charge in [0.2, 0.25) is 0 Å². The van der Waals surface area contributed by atoms with E-state index in [0.717, 1.165) is 0 Å². The van der Waals surface area contributed by atoms with Crippen LogP contribution in [0.15, 0.2) is 0 Å². The van der Waals surface area contributed by atoms with Gasteiger partial charge < -0.3 is 10.2 Å². The largest absolute Gasteiger partial charge is 0.378 e. The Morgan fingerprint density at radius 1 is 0.448 bits per heavy atom. The molecule has 1 radical (unpaired) electrons. The molecular weight excluding hydrogens is 424 g/mol. The first-order valence-electron chi connectivity index (χ1n) is 9.49. The van der Waals surface area contributed by atoms with E-state index in [1.165, 1.54) is 0 Å². The molecule has 0 heterocycles. The predicted molar refractivity (Wildman–Crippen MR) is 110 cm³/mol. The van der Waals surface area contributed by atoms with E-state index in [9.17, 15) is 29.4 Å². The van der Waals surface area contributed by atoms with Gasteiger partial charge in [-0.25, -0.2) is 0 Å². The van der Waals surface area contributed by atoms with E-state index in [0.29, 0.717) is 0 Å². The molecule has 0 atom stereocenters. The number of ketones is 4. The molecule has 0 spiro atoms. The number of aliphatic hydroxyl groups excluding tert-OH is 2. The van der Waals surface area contributed by atoms with Crippen molar-refractivity contribution in [1.29, 1.82) is 0 Å². The molecule has 0 aliphatic heterocycles. The Hall–Kier alpha value is -0.881. The molecule has 0 aromatic rings. The van der Waals surface area contributed by atoms with Crippen molar-refractivity contribution in [3.63, 3.8) is 0 Å². The van der Waals surface area contributed by atoms with Crippen molar-refractivity contribution in [2.24, 2.45) is 21.7 Å². The molecular formula is C22H40CuO6. The molecule has 0 amide bonds. The fourth-order valence-electron chi connectivity index (χ4n) is 1.88. The first-order chi connectivity index (χ1) is 12.0. The topological polar surface area (TPSA) is 109 Å². The molecule has 175 valence electrons. The summed E-state index contributed by atoms with van der Waals surface area (Å²) in [6, 6.07) is 0. The van der Waals surface area contributed by atoms with E-state index in [-0.39, 0.29) is 17.1 Å². The quantitative estimate of drug-likeness (QED) is 0.489. The van der Waals surface area contributed by atoms with Crippen LogP contribution in [-0.4, -0.2) is 45.6 Å². The molecule has 0 bridgehead atoms. The minimum Gasteiger partial charge on any atom is -0.378 e. The van der Waals surface area contributed by atoms with Crippen LogP contribution in [-0.2, 0) is 36.2 Å². The minimum atomic E-state index is -1.49. The summed E-state index contributed by atoms with van der Waals surface area (Å²) < 4.78 is 0. The van der Waals surface area contributed by atoms with Crippen LogP contribution < -0.4 is 0 Å². The zero-order valence-corrected chi connectivity index (χ0v) is 20.9. The monoisotopic (exact) mass is 463 g/mol. The van der Waals surface area contributed by atoms with Crippen molar-refractivity contribution in [2.75, 3.05) is 0 Å². The van der Waals surface area contributed by atoms with Crippen LogP contribution in [0.5, 0.6) is 0 Å². The van der Waals surface area contributed by atoms with E-state index >= 15 is 0 Å². The average Bonchev–Trinajstić information content (AvgIpc) is 2.47. The summed E-state index contributed by atoms with van der Waals surface area (Å²) in [4.78, 5) is 46.3. The number of aliphatic hydroxyl groups is 2. The Bertz CT molecular complexity index is 489. The number of Topliss-reactive ketones (excluding diaryl/α,β-unsaturated/α-hetero) is 4. The summed E-state index contributed by atoms with van der Waals surface area (Å²) in [7, 11) is 0. The summed E-state index contributed by atoms with van der Waals surface area (Å²) in [5.41, 5.74) is -2.72. The van der Waals surface area contributed by atoms with Gasteiger partial charge in [-0.05, 0) is 0 Å². The average molecular weight is 464 g/mol. The Balaban J connectivity index is -0.000000451. The van der Waals surface area contributed by atoms with Crippen LogP contribution in [0.4, 0.5) is 0 Å². The van der Waals surface area contributed by atoms with E-state index in [1.807, 2.05) is 0 Å². The first-order valence-corrected chi connectivity index (χ1v) is 9.49. The molecule has 0 aromatic carbocycles. The Morgan fingerprint density at radius 3 is 0.621 bits per heavy atom. The molecule has 7 heteroatoms. The van der Waals surface area contributed by atoms with Gasteiger partial charge in [0, 0.05) is 38.7 Å². The third kappa shape index (κ3) is 11.2. The van der Waals surface area contributed by atoms with Crippen LogP contribution >= 0.6 is 0 Å². The number of hydrogen-bond acceptors (Lipinski definition) is 6. The SMILES string of the molecule is CC(C)(C)C(=O)C(O)C(=O)C(C)(C)C.CC(C)(C)C(=O)C(O)C(=O)C(C)(C)C.[Cu]. The van der Waals surface area contributed by atoms with Gasteiger partial charge in [-0.2, -0.15) is 0 Å². The Kier molecular flexibility index (Phi) is 12.4. The van der Waals surface area contributed by atoms with Crippen LogP contribution in [0.3, 0.4) is 0 Å². The van der Waals surface area contributed by atoms with Crippen molar-refractivity contribution in [3.05, 3.63) is 0 Å². The van der Waals surface area contributed by atoms with Gasteiger partial charge in [-0.3, -0.25) is 19.2 Å². The van der Waals surface area contributed by atoms with Crippen molar-refractivity contribution in [2.45, 2.75) is 95.3 Å². The molecule has 29 heavy (non-hydrogen) atoms. The normalized spacial score (nSPS) is 12.7. The van der Waals surface area contributed by atoms with E-state index in [2.05, 4.69) is 0 Å². The van der Waals surface area contributed by atoms with Crippen molar-refractivity contribution < 1.29 is 46.5 Å². The molecule has 2 N–H and O–H groups in total. The van der Waals surface area contributed by atoms with Gasteiger partial charge in [0.15, 0.2) is 35.3 Å². The van der Waals surface area contributed by atoms with E-state index < -0.39 is 57.0 Å². The smallest absolute Gasteiger partial charge is 0.174 e. The fraction of sp³-hybridized carbons (Fsp3) is 0.818. The van der Waals surface area contributed by atoms with Gasteiger partial charge in [-0.15, -0.1) is 0 Å². The second-order valence-electron chi connectivity index (χ2n) is 11.3. The third-order valence-electron chi connectivity index (χ3n) is 3.95. The van der Waals surface area contributed by atoms with Gasteiger partial charge in [0.05, 0.1) is 0 Å². The summed E-state index contributed by atoms with van der Waals surface area (Å²) in [6.45, 7) is 20.3. The number of carbonyl (C=O) groups excluding carboxylic acids is 4. The Labute approximate surface area is 186 Å². The number of carbonyl (C=O) groups is 4. The standard InChI is InChI=1S/2C11H20O3.Cu/c2*1-10(2,3)8(13)7(12)9(14)11(4,5)6;/h2*7,12H,1-6H3;. The zero-order chi connectivity index (χ0) is 23.5. The molecule has 0 aliphatic carbocycles. The molecule has 0 unspecified atom stereocenters. The molecule has 0 aromatic heterocycles. The third-order valence-corrected chi connectivity index (χ3v) is 3.95. The van der Waals surface area contributed by atoms with Gasteiger partial charge in [-0.1, -0.05) is 83.1 Å². The van der Waals surface area contributed by atoms with Crippen LogP contribution in [0.25, 0.3) is 0 Å².